The van der Waals surface area contributed by atoms with E-state index in [1.54, 1.807) is 0 Å². The fourth-order valence-corrected chi connectivity index (χ4v) is 2.15. The molecule has 1 fully saturated rings. The number of amides is 2. The smallest absolute Gasteiger partial charge is 0.345 e. The first-order valence-electron chi connectivity index (χ1n) is 6.60. The Bertz CT molecular complexity index is 376. The summed E-state index contributed by atoms with van der Waals surface area (Å²) in [5, 5.41) is 32.3. The Morgan fingerprint density at radius 3 is 2.59 bits per heavy atom. The molecule has 3 N–H and O–H groups in total. The highest BCUT2D eigenvalue weighted by Gasteiger charge is 2.43. The Morgan fingerprint density at radius 1 is 1.36 bits per heavy atom. The van der Waals surface area contributed by atoms with Gasteiger partial charge in [-0.1, -0.05) is 0 Å². The summed E-state index contributed by atoms with van der Waals surface area (Å²) in [5.41, 5.74) is 0. The molecule has 1 saturated heterocycles. The van der Waals surface area contributed by atoms with E-state index in [0.29, 0.717) is 5.01 Å². The highest BCUT2D eigenvalue weighted by atomic mass is 35.5. The Hall–Kier alpha value is -1.04. The molecule has 0 spiro atoms. The third-order valence-corrected chi connectivity index (χ3v) is 3.35. The van der Waals surface area contributed by atoms with Crippen LogP contribution in [0.1, 0.15) is 0 Å². The standard InChI is InChI=1S/C11H20ClN3O7/c1-21-5-4-14(11(19)15(13-20)3-2-12)10-9(18)8(17)7(16)6-22-10/h7-10,16-18H,2-6H2,1H3/t7-,8+,9-,10-/m1/s1. The van der Waals surface area contributed by atoms with E-state index < -0.39 is 30.6 Å². The first-order chi connectivity index (χ1) is 10.5. The van der Waals surface area contributed by atoms with Gasteiger partial charge in [-0.15, -0.1) is 16.5 Å². The largest absolute Gasteiger partial charge is 0.388 e. The van der Waals surface area contributed by atoms with Crippen molar-refractivity contribution in [1.82, 2.24) is 9.91 Å². The molecule has 1 rings (SSSR count). The van der Waals surface area contributed by atoms with E-state index in [9.17, 15) is 25.0 Å². The average Bonchev–Trinajstić information content (AvgIpc) is 2.52. The monoisotopic (exact) mass is 341 g/mol. The van der Waals surface area contributed by atoms with E-state index in [4.69, 9.17) is 21.1 Å². The Morgan fingerprint density at radius 2 is 2.05 bits per heavy atom. The summed E-state index contributed by atoms with van der Waals surface area (Å²) in [6.45, 7) is -0.316. The molecule has 0 saturated carbocycles. The molecule has 1 heterocycles. The number of alkyl halides is 1. The molecule has 0 unspecified atom stereocenters. The topological polar surface area (TPSA) is 132 Å². The van der Waals surface area contributed by atoms with Gasteiger partial charge in [0.2, 0.25) is 0 Å². The second-order valence-corrected chi connectivity index (χ2v) is 5.01. The molecule has 2 amide bonds. The van der Waals surface area contributed by atoms with E-state index in [0.717, 1.165) is 4.90 Å². The molecule has 4 atom stereocenters. The molecule has 0 aromatic heterocycles. The van der Waals surface area contributed by atoms with Gasteiger partial charge in [0, 0.05) is 19.5 Å². The van der Waals surface area contributed by atoms with Crippen molar-refractivity contribution in [2.24, 2.45) is 5.29 Å². The van der Waals surface area contributed by atoms with Crippen molar-refractivity contribution in [3.05, 3.63) is 4.91 Å². The first kappa shape index (κ1) is 19.0. The maximum Gasteiger partial charge on any atom is 0.345 e. The SMILES string of the molecule is COCCN(C(=O)N(CCCl)N=O)[C@@H]1OC[C@@H](O)[C@H](O)[C@H]1O. The summed E-state index contributed by atoms with van der Waals surface area (Å²) in [4.78, 5) is 24.1. The molecule has 128 valence electrons. The minimum atomic E-state index is -1.55. The average molecular weight is 342 g/mol. The predicted octanol–water partition coefficient (Wildman–Crippen LogP) is -1.28. The zero-order chi connectivity index (χ0) is 16.7. The van der Waals surface area contributed by atoms with Crippen molar-refractivity contribution >= 4 is 17.6 Å². The van der Waals surface area contributed by atoms with Gasteiger partial charge in [0.1, 0.15) is 18.3 Å². The van der Waals surface area contributed by atoms with Crippen molar-refractivity contribution < 1.29 is 29.6 Å². The summed E-state index contributed by atoms with van der Waals surface area (Å²) < 4.78 is 10.1. The number of aliphatic hydroxyl groups is 3. The highest BCUT2D eigenvalue weighted by Crippen LogP contribution is 2.20. The van der Waals surface area contributed by atoms with Gasteiger partial charge in [-0.3, -0.25) is 4.90 Å². The van der Waals surface area contributed by atoms with Crippen LogP contribution in [-0.4, -0.2) is 95.1 Å². The van der Waals surface area contributed by atoms with Crippen LogP contribution >= 0.6 is 11.6 Å². The van der Waals surface area contributed by atoms with Gasteiger partial charge in [0.05, 0.1) is 25.0 Å². The van der Waals surface area contributed by atoms with Gasteiger partial charge in [0.25, 0.3) is 0 Å². The Balaban J connectivity index is 2.91. The summed E-state index contributed by atoms with van der Waals surface area (Å²) in [6.07, 6.45) is -5.55. The quantitative estimate of drug-likeness (QED) is 0.298. The number of methoxy groups -OCH3 is 1. The number of nitroso groups, excluding NO2 is 1. The van der Waals surface area contributed by atoms with Gasteiger partial charge in [-0.05, 0) is 0 Å². The molecule has 0 aromatic rings. The fourth-order valence-electron chi connectivity index (χ4n) is 1.99. The van der Waals surface area contributed by atoms with Crippen molar-refractivity contribution in [2.45, 2.75) is 24.5 Å². The number of carbonyl (C=O) groups excluding carboxylic acids is 1. The summed E-state index contributed by atoms with van der Waals surface area (Å²) in [6, 6.07) is -0.847. The zero-order valence-corrected chi connectivity index (χ0v) is 12.8. The number of hydrogen-bond acceptors (Lipinski definition) is 8. The van der Waals surface area contributed by atoms with Crippen LogP contribution in [-0.2, 0) is 9.47 Å². The lowest BCUT2D eigenvalue weighted by atomic mass is 10.0. The molecule has 0 aliphatic carbocycles. The molecule has 22 heavy (non-hydrogen) atoms. The molecule has 1 aliphatic heterocycles. The number of nitrogens with zero attached hydrogens (tertiary/aromatic N) is 3. The Kier molecular flexibility index (Phi) is 7.93. The molecule has 11 heteroatoms. The van der Waals surface area contributed by atoms with E-state index in [2.05, 4.69) is 5.29 Å². The number of ether oxygens (including phenoxy) is 2. The van der Waals surface area contributed by atoms with Crippen LogP contribution in [0.3, 0.4) is 0 Å². The van der Waals surface area contributed by atoms with E-state index in [-0.39, 0.29) is 32.2 Å². The number of urea groups is 1. The highest BCUT2D eigenvalue weighted by molar-refractivity contribution is 6.18. The lowest BCUT2D eigenvalue weighted by Gasteiger charge is -2.41. The van der Waals surface area contributed by atoms with Crippen LogP contribution in [0.5, 0.6) is 0 Å². The van der Waals surface area contributed by atoms with Gasteiger partial charge in [-0.2, -0.15) is 5.01 Å². The number of rotatable bonds is 7. The molecular weight excluding hydrogens is 322 g/mol. The van der Waals surface area contributed by atoms with Crippen molar-refractivity contribution in [3.8, 4) is 0 Å². The third kappa shape index (κ3) is 4.48. The normalized spacial score (nSPS) is 28.2. The van der Waals surface area contributed by atoms with Gasteiger partial charge >= 0.3 is 6.03 Å². The maximum absolute atomic E-state index is 12.3. The van der Waals surface area contributed by atoms with Crippen molar-refractivity contribution in [3.63, 3.8) is 0 Å². The van der Waals surface area contributed by atoms with Crippen LogP contribution in [0.25, 0.3) is 0 Å². The van der Waals surface area contributed by atoms with Crippen LogP contribution in [0, 0.1) is 4.91 Å². The predicted molar refractivity (Wildman–Crippen MR) is 75.0 cm³/mol. The van der Waals surface area contributed by atoms with Crippen molar-refractivity contribution in [2.75, 3.05) is 39.3 Å². The van der Waals surface area contributed by atoms with Crippen LogP contribution in [0.2, 0.25) is 0 Å². The number of aliphatic hydroxyl groups excluding tert-OH is 3. The summed E-state index contributed by atoms with van der Waals surface area (Å²) in [5.74, 6) is -0.00891. The first-order valence-corrected chi connectivity index (χ1v) is 7.13. The minimum Gasteiger partial charge on any atom is -0.388 e. The second-order valence-electron chi connectivity index (χ2n) is 4.63. The van der Waals surface area contributed by atoms with E-state index in [1.807, 2.05) is 0 Å². The van der Waals surface area contributed by atoms with Crippen LogP contribution in [0.15, 0.2) is 5.29 Å². The van der Waals surface area contributed by atoms with Gasteiger partial charge in [0.15, 0.2) is 6.23 Å². The minimum absolute atomic E-state index is 0.00891. The fraction of sp³-hybridized carbons (Fsp3) is 0.909. The summed E-state index contributed by atoms with van der Waals surface area (Å²) >= 11 is 5.50. The summed E-state index contributed by atoms with van der Waals surface area (Å²) in [7, 11) is 1.41. The number of carbonyl (C=O) groups is 1. The van der Waals surface area contributed by atoms with E-state index in [1.165, 1.54) is 7.11 Å². The van der Waals surface area contributed by atoms with Gasteiger partial charge in [-0.25, -0.2) is 4.79 Å². The number of hydrogen-bond donors (Lipinski definition) is 3. The molecule has 0 radical (unpaired) electrons. The Labute approximate surface area is 132 Å². The molecule has 0 aromatic carbocycles. The molecule has 0 bridgehead atoms. The number of halogens is 1. The molecule has 10 nitrogen and oxygen atoms in total. The maximum atomic E-state index is 12.3. The van der Waals surface area contributed by atoms with E-state index >= 15 is 0 Å². The second kappa shape index (κ2) is 9.18. The molecular formula is C11H20ClN3O7. The zero-order valence-electron chi connectivity index (χ0n) is 12.0. The third-order valence-electron chi connectivity index (χ3n) is 3.18. The van der Waals surface area contributed by atoms with Crippen LogP contribution < -0.4 is 0 Å². The van der Waals surface area contributed by atoms with Crippen molar-refractivity contribution in [1.29, 1.82) is 0 Å². The lowest BCUT2D eigenvalue weighted by Crippen LogP contribution is -2.62. The molecule has 1 aliphatic rings. The van der Waals surface area contributed by atoms with Crippen LogP contribution in [0.4, 0.5) is 4.79 Å². The lowest BCUT2D eigenvalue weighted by molar-refractivity contribution is -0.221. The van der Waals surface area contributed by atoms with Gasteiger partial charge < -0.3 is 24.8 Å².